The Kier molecular flexibility index (Phi) is 7.68. The minimum Gasteiger partial charge on any atom is -0.351 e. The van der Waals surface area contributed by atoms with Crippen LogP contribution in [0.2, 0.25) is 0 Å². The molecule has 0 aromatic heterocycles. The van der Waals surface area contributed by atoms with E-state index in [0.717, 1.165) is 11.3 Å². The minimum atomic E-state index is -3.27. The Balaban J connectivity index is 1.73. The maximum absolute atomic E-state index is 11.9. The molecule has 1 amide bonds. The molecule has 2 aromatic rings. The summed E-state index contributed by atoms with van der Waals surface area (Å²) in [5.74, 6) is 1.16. The lowest BCUT2D eigenvalue weighted by Crippen LogP contribution is -2.24. The van der Waals surface area contributed by atoms with E-state index in [4.69, 9.17) is 0 Å². The standard InChI is InChI=1S/C19H24N2O3S2/c1-15-4-3-5-18(10-15)12-25-13-19(22)21-11-16-6-8-17(9-7-16)14-26(23,24)20-2/h3-10,20H,11-14H2,1-2H3,(H,21,22). The molecule has 2 N–H and O–H groups in total. The summed E-state index contributed by atoms with van der Waals surface area (Å²) < 4.78 is 25.3. The number of aryl methyl sites for hydroxylation is 1. The summed E-state index contributed by atoms with van der Waals surface area (Å²) in [6, 6.07) is 15.5. The molecule has 0 atom stereocenters. The summed E-state index contributed by atoms with van der Waals surface area (Å²) in [5, 5.41) is 2.89. The first-order valence-electron chi connectivity index (χ1n) is 8.27. The van der Waals surface area contributed by atoms with E-state index in [0.29, 0.717) is 17.9 Å². The minimum absolute atomic E-state index is 0.00973. The number of benzene rings is 2. The molecule has 0 fully saturated rings. The van der Waals surface area contributed by atoms with E-state index in [9.17, 15) is 13.2 Å². The number of thioether (sulfide) groups is 1. The van der Waals surface area contributed by atoms with Gasteiger partial charge in [0.2, 0.25) is 15.9 Å². The Bertz CT molecular complexity index is 834. The van der Waals surface area contributed by atoms with Crippen molar-refractivity contribution < 1.29 is 13.2 Å². The predicted molar refractivity (Wildman–Crippen MR) is 107 cm³/mol. The smallest absolute Gasteiger partial charge is 0.230 e. The highest BCUT2D eigenvalue weighted by atomic mass is 32.2. The van der Waals surface area contributed by atoms with Gasteiger partial charge in [-0.3, -0.25) is 4.79 Å². The Morgan fingerprint density at radius 1 is 1.04 bits per heavy atom. The van der Waals surface area contributed by atoms with Crippen molar-refractivity contribution in [1.29, 1.82) is 0 Å². The molecule has 0 aliphatic heterocycles. The fraction of sp³-hybridized carbons (Fsp3) is 0.316. The fourth-order valence-corrected chi connectivity index (χ4v) is 3.94. The van der Waals surface area contributed by atoms with E-state index in [1.807, 2.05) is 18.2 Å². The van der Waals surface area contributed by atoms with Crippen molar-refractivity contribution in [2.45, 2.75) is 25.0 Å². The van der Waals surface area contributed by atoms with Crippen LogP contribution in [0.25, 0.3) is 0 Å². The molecule has 7 heteroatoms. The molecule has 2 aromatic carbocycles. The fourth-order valence-electron chi connectivity index (χ4n) is 2.36. The molecule has 0 heterocycles. The first-order valence-corrected chi connectivity index (χ1v) is 11.1. The van der Waals surface area contributed by atoms with Crippen LogP contribution in [-0.4, -0.2) is 27.1 Å². The molecule has 0 spiro atoms. The van der Waals surface area contributed by atoms with Gasteiger partial charge in [0, 0.05) is 12.3 Å². The third kappa shape index (κ3) is 7.19. The average Bonchev–Trinajstić information content (AvgIpc) is 2.61. The maximum Gasteiger partial charge on any atom is 0.230 e. The second kappa shape index (κ2) is 9.75. The number of nitrogens with one attached hydrogen (secondary N) is 2. The number of carbonyl (C=O) groups is 1. The second-order valence-corrected chi connectivity index (χ2v) is 8.95. The van der Waals surface area contributed by atoms with Crippen LogP contribution < -0.4 is 10.0 Å². The zero-order valence-corrected chi connectivity index (χ0v) is 16.6. The number of hydrogen-bond acceptors (Lipinski definition) is 4. The Morgan fingerprint density at radius 3 is 2.38 bits per heavy atom. The molecule has 0 bridgehead atoms. The van der Waals surface area contributed by atoms with Crippen LogP contribution in [0.1, 0.15) is 22.3 Å². The van der Waals surface area contributed by atoms with Gasteiger partial charge in [0.15, 0.2) is 0 Å². The molecule has 0 aliphatic carbocycles. The van der Waals surface area contributed by atoms with Gasteiger partial charge in [0.25, 0.3) is 0 Å². The van der Waals surface area contributed by atoms with Crippen molar-refractivity contribution >= 4 is 27.7 Å². The number of amides is 1. The average molecular weight is 393 g/mol. The van der Waals surface area contributed by atoms with E-state index in [1.54, 1.807) is 23.9 Å². The molecule has 5 nitrogen and oxygen atoms in total. The summed E-state index contributed by atoms with van der Waals surface area (Å²) in [6.07, 6.45) is 0. The molecule has 0 saturated carbocycles. The summed E-state index contributed by atoms with van der Waals surface area (Å²) in [5.41, 5.74) is 4.09. The van der Waals surface area contributed by atoms with Crippen LogP contribution in [0.5, 0.6) is 0 Å². The van der Waals surface area contributed by atoms with Gasteiger partial charge in [-0.05, 0) is 30.7 Å². The molecule has 26 heavy (non-hydrogen) atoms. The van der Waals surface area contributed by atoms with E-state index in [-0.39, 0.29) is 11.7 Å². The number of carbonyl (C=O) groups excluding carboxylic acids is 1. The summed E-state index contributed by atoms with van der Waals surface area (Å²) in [6.45, 7) is 2.49. The van der Waals surface area contributed by atoms with Crippen LogP contribution in [-0.2, 0) is 32.9 Å². The van der Waals surface area contributed by atoms with Gasteiger partial charge >= 0.3 is 0 Å². The van der Waals surface area contributed by atoms with Gasteiger partial charge in [0.05, 0.1) is 11.5 Å². The quantitative estimate of drug-likeness (QED) is 0.688. The highest BCUT2D eigenvalue weighted by Gasteiger charge is 2.08. The molecule has 0 radical (unpaired) electrons. The van der Waals surface area contributed by atoms with Crippen molar-refractivity contribution in [3.63, 3.8) is 0 Å². The molecule has 0 aliphatic rings. The zero-order chi connectivity index (χ0) is 19.0. The van der Waals surface area contributed by atoms with Gasteiger partial charge in [-0.2, -0.15) is 0 Å². The maximum atomic E-state index is 11.9. The zero-order valence-electron chi connectivity index (χ0n) is 15.0. The Morgan fingerprint density at radius 2 is 1.73 bits per heavy atom. The Labute approximate surface area is 159 Å². The number of rotatable bonds is 9. The number of hydrogen-bond donors (Lipinski definition) is 2. The van der Waals surface area contributed by atoms with Crippen molar-refractivity contribution in [1.82, 2.24) is 10.0 Å². The van der Waals surface area contributed by atoms with Crippen LogP contribution >= 0.6 is 11.8 Å². The molecule has 2 rings (SSSR count). The van der Waals surface area contributed by atoms with Crippen LogP contribution in [0.4, 0.5) is 0 Å². The van der Waals surface area contributed by atoms with E-state index >= 15 is 0 Å². The van der Waals surface area contributed by atoms with Crippen molar-refractivity contribution in [2.24, 2.45) is 0 Å². The summed E-state index contributed by atoms with van der Waals surface area (Å²) >= 11 is 1.58. The van der Waals surface area contributed by atoms with Crippen LogP contribution in [0.15, 0.2) is 48.5 Å². The summed E-state index contributed by atoms with van der Waals surface area (Å²) in [4.78, 5) is 11.9. The van der Waals surface area contributed by atoms with Crippen molar-refractivity contribution in [3.05, 3.63) is 70.8 Å². The predicted octanol–water partition coefficient (Wildman–Crippen LogP) is 2.59. The van der Waals surface area contributed by atoms with Gasteiger partial charge in [-0.25, -0.2) is 13.1 Å². The third-order valence-electron chi connectivity index (χ3n) is 3.76. The molecular formula is C19H24N2O3S2. The lowest BCUT2D eigenvalue weighted by atomic mass is 10.1. The topological polar surface area (TPSA) is 75.3 Å². The van der Waals surface area contributed by atoms with E-state index in [2.05, 4.69) is 35.2 Å². The number of sulfonamides is 1. The first-order chi connectivity index (χ1) is 12.4. The van der Waals surface area contributed by atoms with Gasteiger partial charge < -0.3 is 5.32 Å². The van der Waals surface area contributed by atoms with Crippen molar-refractivity contribution in [3.8, 4) is 0 Å². The molecule has 0 saturated heterocycles. The van der Waals surface area contributed by atoms with Crippen molar-refractivity contribution in [2.75, 3.05) is 12.8 Å². The SMILES string of the molecule is CNS(=O)(=O)Cc1ccc(CNC(=O)CSCc2cccc(C)c2)cc1. The van der Waals surface area contributed by atoms with Crippen LogP contribution in [0.3, 0.4) is 0 Å². The van der Waals surface area contributed by atoms with E-state index < -0.39 is 10.0 Å². The highest BCUT2D eigenvalue weighted by molar-refractivity contribution is 7.99. The van der Waals surface area contributed by atoms with Gasteiger partial charge in [-0.1, -0.05) is 54.1 Å². The molecule has 0 unspecified atom stereocenters. The first kappa shape index (κ1) is 20.5. The third-order valence-corrected chi connectivity index (χ3v) is 6.10. The van der Waals surface area contributed by atoms with E-state index in [1.165, 1.54) is 18.2 Å². The monoisotopic (exact) mass is 392 g/mol. The van der Waals surface area contributed by atoms with Crippen LogP contribution in [0, 0.1) is 6.92 Å². The normalized spacial score (nSPS) is 11.3. The second-order valence-electron chi connectivity index (χ2n) is 6.04. The largest absolute Gasteiger partial charge is 0.351 e. The lowest BCUT2D eigenvalue weighted by molar-refractivity contribution is -0.118. The summed E-state index contributed by atoms with van der Waals surface area (Å²) in [7, 11) is -1.87. The highest BCUT2D eigenvalue weighted by Crippen LogP contribution is 2.13. The van der Waals surface area contributed by atoms with Gasteiger partial charge in [0.1, 0.15) is 0 Å². The molecule has 140 valence electrons. The van der Waals surface area contributed by atoms with Gasteiger partial charge in [-0.15, -0.1) is 11.8 Å². The Hall–Kier alpha value is -1.83. The molecular weight excluding hydrogens is 368 g/mol. The lowest BCUT2D eigenvalue weighted by Gasteiger charge is -2.07.